The number of ether oxygens (including phenoxy) is 1. The van der Waals surface area contributed by atoms with E-state index >= 15 is 0 Å². The largest absolute Gasteiger partial charge is 0.497 e. The molecule has 0 aliphatic carbocycles. The van der Waals surface area contributed by atoms with Gasteiger partial charge in [0, 0.05) is 17.9 Å². The molecule has 3 rings (SSSR count). The third kappa shape index (κ3) is 6.11. The first-order chi connectivity index (χ1) is 15.6. The molecule has 1 aliphatic heterocycles. The molecular weight excluding hydrogens is 432 g/mol. The van der Waals surface area contributed by atoms with E-state index in [1.807, 2.05) is 0 Å². The Hall–Kier alpha value is -2.47. The maximum Gasteiger partial charge on any atom is 0.255 e. The number of benzene rings is 2. The monoisotopic (exact) mass is 468 g/mol. The molecule has 33 heavy (non-hydrogen) atoms. The standard InChI is InChI=1S/C27H36N2O3S/c1-18(2)15-16-28-24(30)23-17-33-26(20-7-11-21(12-8-20)27(3,4)5)29(23)25(31)19-9-13-22(32-6)14-10-19/h7-14,18,23,26H,15-17H2,1-6H3,(H,28,30). The molecule has 1 aliphatic rings. The summed E-state index contributed by atoms with van der Waals surface area (Å²) in [6.07, 6.45) is 0.912. The van der Waals surface area contributed by atoms with Crippen LogP contribution in [0.2, 0.25) is 0 Å². The first-order valence-electron chi connectivity index (χ1n) is 11.6. The van der Waals surface area contributed by atoms with Gasteiger partial charge in [-0.15, -0.1) is 11.8 Å². The zero-order valence-corrected chi connectivity index (χ0v) is 21.4. The van der Waals surface area contributed by atoms with Crippen LogP contribution in [0.25, 0.3) is 0 Å². The van der Waals surface area contributed by atoms with Gasteiger partial charge in [0.15, 0.2) is 0 Å². The molecule has 0 radical (unpaired) electrons. The number of hydrogen-bond donors (Lipinski definition) is 1. The summed E-state index contributed by atoms with van der Waals surface area (Å²) < 4.78 is 5.23. The Balaban J connectivity index is 1.89. The van der Waals surface area contributed by atoms with Crippen LogP contribution in [0.1, 0.15) is 67.9 Å². The minimum atomic E-state index is -0.510. The summed E-state index contributed by atoms with van der Waals surface area (Å²) in [6, 6.07) is 15.0. The molecule has 0 spiro atoms. The van der Waals surface area contributed by atoms with Crippen molar-refractivity contribution in [1.29, 1.82) is 0 Å². The second-order valence-corrected chi connectivity index (χ2v) is 11.1. The third-order valence-electron chi connectivity index (χ3n) is 5.96. The predicted octanol–water partition coefficient (Wildman–Crippen LogP) is 5.41. The molecular formula is C27H36N2O3S. The van der Waals surface area contributed by atoms with Gasteiger partial charge < -0.3 is 15.0 Å². The molecule has 2 amide bonds. The van der Waals surface area contributed by atoms with E-state index < -0.39 is 6.04 Å². The van der Waals surface area contributed by atoms with Gasteiger partial charge in [-0.1, -0.05) is 58.9 Å². The second kappa shape index (κ2) is 10.6. The van der Waals surface area contributed by atoms with Crippen molar-refractivity contribution in [3.8, 4) is 5.75 Å². The zero-order chi connectivity index (χ0) is 24.2. The van der Waals surface area contributed by atoms with Gasteiger partial charge in [-0.25, -0.2) is 0 Å². The highest BCUT2D eigenvalue weighted by atomic mass is 32.2. The number of hydrogen-bond acceptors (Lipinski definition) is 4. The molecule has 2 atom stereocenters. The molecule has 2 aromatic rings. The van der Waals surface area contributed by atoms with Crippen LogP contribution >= 0.6 is 11.8 Å². The van der Waals surface area contributed by atoms with Crippen LogP contribution < -0.4 is 10.1 Å². The van der Waals surface area contributed by atoms with Gasteiger partial charge >= 0.3 is 0 Å². The predicted molar refractivity (Wildman–Crippen MR) is 136 cm³/mol. The van der Waals surface area contributed by atoms with E-state index in [-0.39, 0.29) is 22.6 Å². The van der Waals surface area contributed by atoms with Gasteiger partial charge in [-0.2, -0.15) is 0 Å². The van der Waals surface area contributed by atoms with Crippen LogP contribution in [-0.2, 0) is 10.2 Å². The molecule has 1 heterocycles. The van der Waals surface area contributed by atoms with Gasteiger partial charge in [0.2, 0.25) is 5.91 Å². The number of methoxy groups -OCH3 is 1. The lowest BCUT2D eigenvalue weighted by atomic mass is 9.86. The van der Waals surface area contributed by atoms with E-state index in [1.54, 1.807) is 48.0 Å². The Morgan fingerprint density at radius 3 is 2.27 bits per heavy atom. The molecule has 1 saturated heterocycles. The molecule has 0 aromatic heterocycles. The molecule has 0 saturated carbocycles. The van der Waals surface area contributed by atoms with Crippen molar-refractivity contribution < 1.29 is 14.3 Å². The fourth-order valence-electron chi connectivity index (χ4n) is 3.85. The lowest BCUT2D eigenvalue weighted by Crippen LogP contribution is -2.48. The van der Waals surface area contributed by atoms with Gasteiger partial charge in [0.25, 0.3) is 5.91 Å². The highest BCUT2D eigenvalue weighted by Crippen LogP contribution is 2.43. The number of nitrogens with one attached hydrogen (secondary N) is 1. The molecule has 5 nitrogen and oxygen atoms in total. The van der Waals surface area contributed by atoms with Crippen molar-refractivity contribution in [3.63, 3.8) is 0 Å². The first kappa shape index (κ1) is 25.2. The van der Waals surface area contributed by atoms with Crippen LogP contribution in [0.15, 0.2) is 48.5 Å². The number of thioether (sulfide) groups is 1. The summed E-state index contributed by atoms with van der Waals surface area (Å²) in [5.74, 6) is 1.55. The van der Waals surface area contributed by atoms with Crippen LogP contribution in [0.4, 0.5) is 0 Å². The Kier molecular flexibility index (Phi) is 8.11. The van der Waals surface area contributed by atoms with Crippen molar-refractivity contribution in [2.75, 3.05) is 19.4 Å². The van der Waals surface area contributed by atoms with E-state index in [9.17, 15) is 9.59 Å². The normalized spacial score (nSPS) is 18.5. The SMILES string of the molecule is COc1ccc(C(=O)N2C(C(=O)NCCC(C)C)CSC2c2ccc(C(C)(C)C)cc2)cc1. The van der Waals surface area contributed by atoms with Crippen LogP contribution in [0, 0.1) is 5.92 Å². The minimum absolute atomic E-state index is 0.0544. The molecule has 0 bridgehead atoms. The van der Waals surface area contributed by atoms with Crippen molar-refractivity contribution in [1.82, 2.24) is 10.2 Å². The van der Waals surface area contributed by atoms with Crippen molar-refractivity contribution in [3.05, 3.63) is 65.2 Å². The summed E-state index contributed by atoms with van der Waals surface area (Å²) in [7, 11) is 1.60. The quantitative estimate of drug-likeness (QED) is 0.590. The van der Waals surface area contributed by atoms with E-state index in [4.69, 9.17) is 4.74 Å². The average Bonchev–Trinajstić information content (AvgIpc) is 3.23. The van der Waals surface area contributed by atoms with Crippen LogP contribution in [-0.4, -0.2) is 42.2 Å². The van der Waals surface area contributed by atoms with Crippen LogP contribution in [0.3, 0.4) is 0 Å². The Morgan fingerprint density at radius 2 is 1.73 bits per heavy atom. The first-order valence-corrected chi connectivity index (χ1v) is 12.6. The Bertz CT molecular complexity index is 949. The molecule has 2 unspecified atom stereocenters. The van der Waals surface area contributed by atoms with Gasteiger partial charge in [-0.05, 0) is 53.1 Å². The average molecular weight is 469 g/mol. The van der Waals surface area contributed by atoms with E-state index in [2.05, 4.69) is 64.2 Å². The van der Waals surface area contributed by atoms with Gasteiger partial charge in [-0.3, -0.25) is 9.59 Å². The summed E-state index contributed by atoms with van der Waals surface area (Å²) >= 11 is 1.64. The Labute approximate surface area is 202 Å². The highest BCUT2D eigenvalue weighted by molar-refractivity contribution is 7.99. The van der Waals surface area contributed by atoms with Gasteiger partial charge in [0.1, 0.15) is 17.2 Å². The molecule has 1 fully saturated rings. The molecule has 178 valence electrons. The van der Waals surface area contributed by atoms with E-state index in [0.717, 1.165) is 12.0 Å². The lowest BCUT2D eigenvalue weighted by molar-refractivity contribution is -0.124. The topological polar surface area (TPSA) is 58.6 Å². The summed E-state index contributed by atoms with van der Waals surface area (Å²) in [6.45, 7) is 11.4. The van der Waals surface area contributed by atoms with E-state index in [1.165, 1.54) is 5.56 Å². The molecule has 6 heteroatoms. The zero-order valence-electron chi connectivity index (χ0n) is 20.6. The number of carbonyl (C=O) groups is 2. The number of carbonyl (C=O) groups excluding carboxylic acids is 2. The summed E-state index contributed by atoms with van der Waals surface area (Å²) in [5.41, 5.74) is 2.88. The summed E-state index contributed by atoms with van der Waals surface area (Å²) in [4.78, 5) is 28.5. The van der Waals surface area contributed by atoms with Crippen molar-refractivity contribution in [2.45, 2.75) is 57.9 Å². The molecule has 2 aromatic carbocycles. The van der Waals surface area contributed by atoms with Crippen molar-refractivity contribution >= 4 is 23.6 Å². The van der Waals surface area contributed by atoms with Crippen molar-refractivity contribution in [2.24, 2.45) is 5.92 Å². The van der Waals surface area contributed by atoms with Crippen LogP contribution in [0.5, 0.6) is 5.75 Å². The second-order valence-electron chi connectivity index (χ2n) is 9.99. The number of nitrogens with zero attached hydrogens (tertiary/aromatic N) is 1. The fraction of sp³-hybridized carbons (Fsp3) is 0.481. The maximum atomic E-state index is 13.6. The number of rotatable bonds is 7. The number of amides is 2. The molecule has 1 N–H and O–H groups in total. The van der Waals surface area contributed by atoms with E-state index in [0.29, 0.717) is 29.5 Å². The smallest absolute Gasteiger partial charge is 0.255 e. The maximum absolute atomic E-state index is 13.6. The Morgan fingerprint density at radius 1 is 1.09 bits per heavy atom. The minimum Gasteiger partial charge on any atom is -0.497 e. The fourth-order valence-corrected chi connectivity index (χ4v) is 5.27. The summed E-state index contributed by atoms with van der Waals surface area (Å²) in [5, 5.41) is 2.83. The highest BCUT2D eigenvalue weighted by Gasteiger charge is 2.42. The lowest BCUT2D eigenvalue weighted by Gasteiger charge is -2.30. The third-order valence-corrected chi connectivity index (χ3v) is 7.28. The van der Waals surface area contributed by atoms with Gasteiger partial charge in [0.05, 0.1) is 7.11 Å².